The predicted octanol–water partition coefficient (Wildman–Crippen LogP) is 2.07. The van der Waals surface area contributed by atoms with Gasteiger partial charge in [0.25, 0.3) is 0 Å². The van der Waals surface area contributed by atoms with Gasteiger partial charge in [0, 0.05) is 32.6 Å². The smallest absolute Gasteiger partial charge is 0.222 e. The maximum atomic E-state index is 12.1. The Morgan fingerprint density at radius 3 is 2.67 bits per heavy atom. The zero-order chi connectivity index (χ0) is 15.2. The maximum absolute atomic E-state index is 12.1. The number of hydrogen-bond donors (Lipinski definition) is 1. The van der Waals surface area contributed by atoms with E-state index in [1.807, 2.05) is 4.90 Å². The third-order valence-electron chi connectivity index (χ3n) is 4.01. The molecule has 0 unspecified atom stereocenters. The summed E-state index contributed by atoms with van der Waals surface area (Å²) in [5, 5.41) is 3.27. The fraction of sp³-hybridized carbons (Fsp3) is 0.588. The Bertz CT molecular complexity index is 494. The molecule has 2 rings (SSSR count). The summed E-state index contributed by atoms with van der Waals surface area (Å²) in [6, 6.07) is 4.30. The molecule has 21 heavy (non-hydrogen) atoms. The predicted molar refractivity (Wildman–Crippen MR) is 84.9 cm³/mol. The molecule has 1 aliphatic heterocycles. The van der Waals surface area contributed by atoms with E-state index < -0.39 is 0 Å². The van der Waals surface area contributed by atoms with Crippen LogP contribution in [0.15, 0.2) is 12.1 Å². The summed E-state index contributed by atoms with van der Waals surface area (Å²) in [6.45, 7) is 7.67. The van der Waals surface area contributed by atoms with Crippen molar-refractivity contribution in [2.24, 2.45) is 0 Å². The first-order valence-corrected chi connectivity index (χ1v) is 7.74. The lowest BCUT2D eigenvalue weighted by Gasteiger charge is -2.27. The van der Waals surface area contributed by atoms with Crippen LogP contribution in [0.5, 0.6) is 5.75 Å². The first kappa shape index (κ1) is 15.8. The summed E-state index contributed by atoms with van der Waals surface area (Å²) in [7, 11) is 1.72. The Kier molecular flexibility index (Phi) is 5.62. The van der Waals surface area contributed by atoms with Crippen LogP contribution in [-0.2, 0) is 11.2 Å². The van der Waals surface area contributed by atoms with Crippen LogP contribution < -0.4 is 10.1 Å². The Balaban J connectivity index is 1.89. The Hall–Kier alpha value is -1.55. The third kappa shape index (κ3) is 4.21. The second-order valence-corrected chi connectivity index (χ2v) is 5.76. The lowest BCUT2D eigenvalue weighted by Crippen LogP contribution is -2.46. The van der Waals surface area contributed by atoms with E-state index in [9.17, 15) is 4.79 Å². The SMILES string of the molecule is COc1c(C)cc(C)cc1CCCC(=O)N1CCNCC1. The van der Waals surface area contributed by atoms with Crippen LogP contribution >= 0.6 is 0 Å². The van der Waals surface area contributed by atoms with Crippen molar-refractivity contribution in [3.63, 3.8) is 0 Å². The molecule has 1 heterocycles. The molecule has 0 aliphatic carbocycles. The third-order valence-corrected chi connectivity index (χ3v) is 4.01. The van der Waals surface area contributed by atoms with Gasteiger partial charge in [-0.05, 0) is 37.8 Å². The summed E-state index contributed by atoms with van der Waals surface area (Å²) in [4.78, 5) is 14.1. The van der Waals surface area contributed by atoms with Crippen LogP contribution in [0.1, 0.15) is 29.5 Å². The topological polar surface area (TPSA) is 41.6 Å². The van der Waals surface area contributed by atoms with Crippen LogP contribution in [0.25, 0.3) is 0 Å². The van der Waals surface area contributed by atoms with Gasteiger partial charge in [0.2, 0.25) is 5.91 Å². The number of carbonyl (C=O) groups is 1. The molecule has 1 aromatic carbocycles. The van der Waals surface area contributed by atoms with Crippen molar-refractivity contribution in [2.75, 3.05) is 33.3 Å². The Morgan fingerprint density at radius 2 is 2.00 bits per heavy atom. The maximum Gasteiger partial charge on any atom is 0.222 e. The zero-order valence-corrected chi connectivity index (χ0v) is 13.4. The molecule has 0 atom stereocenters. The number of amides is 1. The molecule has 1 N–H and O–H groups in total. The molecule has 0 spiro atoms. The lowest BCUT2D eigenvalue weighted by molar-refractivity contribution is -0.131. The number of aryl methyl sites for hydroxylation is 3. The van der Waals surface area contributed by atoms with E-state index >= 15 is 0 Å². The molecule has 4 heteroatoms. The van der Waals surface area contributed by atoms with E-state index in [1.54, 1.807) is 7.11 Å². The largest absolute Gasteiger partial charge is 0.496 e. The quantitative estimate of drug-likeness (QED) is 0.902. The van der Waals surface area contributed by atoms with Gasteiger partial charge in [0.05, 0.1) is 7.11 Å². The highest BCUT2D eigenvalue weighted by Crippen LogP contribution is 2.26. The minimum Gasteiger partial charge on any atom is -0.496 e. The lowest BCUT2D eigenvalue weighted by atomic mass is 10.0. The zero-order valence-electron chi connectivity index (χ0n) is 13.4. The number of ether oxygens (including phenoxy) is 1. The van der Waals surface area contributed by atoms with Gasteiger partial charge in [0.15, 0.2) is 0 Å². The first-order chi connectivity index (χ1) is 10.1. The van der Waals surface area contributed by atoms with Gasteiger partial charge >= 0.3 is 0 Å². The van der Waals surface area contributed by atoms with Crippen LogP contribution in [0.3, 0.4) is 0 Å². The standard InChI is InChI=1S/C17H26N2O2/c1-13-11-14(2)17(21-3)15(12-13)5-4-6-16(20)19-9-7-18-8-10-19/h11-12,18H,4-10H2,1-3H3. The Morgan fingerprint density at radius 1 is 1.29 bits per heavy atom. The highest BCUT2D eigenvalue weighted by atomic mass is 16.5. The number of hydrogen-bond acceptors (Lipinski definition) is 3. The molecule has 0 aromatic heterocycles. The number of nitrogens with one attached hydrogen (secondary N) is 1. The van der Waals surface area contributed by atoms with Crippen molar-refractivity contribution >= 4 is 5.91 Å². The van der Waals surface area contributed by atoms with E-state index in [0.29, 0.717) is 6.42 Å². The summed E-state index contributed by atoms with van der Waals surface area (Å²) >= 11 is 0. The van der Waals surface area contributed by atoms with E-state index in [4.69, 9.17) is 4.74 Å². The van der Waals surface area contributed by atoms with Gasteiger partial charge in [-0.25, -0.2) is 0 Å². The molecule has 1 fully saturated rings. The van der Waals surface area contributed by atoms with Crippen molar-refractivity contribution in [1.29, 1.82) is 0 Å². The second-order valence-electron chi connectivity index (χ2n) is 5.76. The molecule has 0 bridgehead atoms. The minimum atomic E-state index is 0.278. The molecular weight excluding hydrogens is 264 g/mol. The van der Waals surface area contributed by atoms with Crippen molar-refractivity contribution in [3.8, 4) is 5.75 Å². The summed E-state index contributed by atoms with van der Waals surface area (Å²) < 4.78 is 5.50. The fourth-order valence-corrected chi connectivity index (χ4v) is 3.02. The molecule has 1 aliphatic rings. The minimum absolute atomic E-state index is 0.278. The summed E-state index contributed by atoms with van der Waals surface area (Å²) in [5.41, 5.74) is 3.63. The number of rotatable bonds is 5. The highest BCUT2D eigenvalue weighted by molar-refractivity contribution is 5.76. The van der Waals surface area contributed by atoms with Gasteiger partial charge < -0.3 is 15.0 Å². The van der Waals surface area contributed by atoms with Gasteiger partial charge in [-0.3, -0.25) is 4.79 Å². The Labute approximate surface area is 127 Å². The molecule has 116 valence electrons. The van der Waals surface area contributed by atoms with Crippen molar-refractivity contribution in [2.45, 2.75) is 33.1 Å². The van der Waals surface area contributed by atoms with Crippen molar-refractivity contribution < 1.29 is 9.53 Å². The molecule has 0 saturated carbocycles. The normalized spacial score (nSPS) is 15.1. The van der Waals surface area contributed by atoms with Gasteiger partial charge in [0.1, 0.15) is 5.75 Å². The first-order valence-electron chi connectivity index (χ1n) is 7.74. The average molecular weight is 290 g/mol. The number of methoxy groups -OCH3 is 1. The second kappa shape index (κ2) is 7.46. The van der Waals surface area contributed by atoms with Crippen LogP contribution in [0, 0.1) is 13.8 Å². The molecule has 4 nitrogen and oxygen atoms in total. The van der Waals surface area contributed by atoms with E-state index in [0.717, 1.165) is 44.8 Å². The van der Waals surface area contributed by atoms with Crippen molar-refractivity contribution in [1.82, 2.24) is 10.2 Å². The molecular formula is C17H26N2O2. The highest BCUT2D eigenvalue weighted by Gasteiger charge is 2.16. The van der Waals surface area contributed by atoms with Gasteiger partial charge in [-0.1, -0.05) is 17.7 Å². The molecule has 0 radical (unpaired) electrons. The molecule has 1 amide bonds. The summed E-state index contributed by atoms with van der Waals surface area (Å²) in [5.74, 6) is 1.25. The number of benzene rings is 1. The molecule has 1 saturated heterocycles. The van der Waals surface area contributed by atoms with Crippen molar-refractivity contribution in [3.05, 3.63) is 28.8 Å². The number of nitrogens with zero attached hydrogens (tertiary/aromatic N) is 1. The monoisotopic (exact) mass is 290 g/mol. The van der Waals surface area contributed by atoms with Crippen LogP contribution in [0.4, 0.5) is 0 Å². The summed E-state index contributed by atoms with van der Waals surface area (Å²) in [6.07, 6.45) is 2.39. The van der Waals surface area contributed by atoms with E-state index in [1.165, 1.54) is 16.7 Å². The van der Waals surface area contributed by atoms with E-state index in [2.05, 4.69) is 31.3 Å². The molecule has 1 aromatic rings. The van der Waals surface area contributed by atoms with Crippen LogP contribution in [-0.4, -0.2) is 44.1 Å². The number of carbonyl (C=O) groups excluding carboxylic acids is 1. The average Bonchev–Trinajstić information content (AvgIpc) is 2.47. The van der Waals surface area contributed by atoms with Crippen LogP contribution in [0.2, 0.25) is 0 Å². The number of piperazine rings is 1. The van der Waals surface area contributed by atoms with Gasteiger partial charge in [-0.2, -0.15) is 0 Å². The van der Waals surface area contributed by atoms with E-state index in [-0.39, 0.29) is 5.91 Å². The fourth-order valence-electron chi connectivity index (χ4n) is 3.02. The van der Waals surface area contributed by atoms with Gasteiger partial charge in [-0.15, -0.1) is 0 Å².